The number of aryl methyl sites for hydroxylation is 1. The maximum atomic E-state index is 12.8. The number of carbonyl (C=O) groups excluding carboxylic acids is 4. The highest BCUT2D eigenvalue weighted by Gasteiger charge is 2.62. The Bertz CT molecular complexity index is 823. The van der Waals surface area contributed by atoms with Crippen molar-refractivity contribution in [2.45, 2.75) is 39.2 Å². The summed E-state index contributed by atoms with van der Waals surface area (Å²) >= 11 is 0. The van der Waals surface area contributed by atoms with Gasteiger partial charge in [-0.2, -0.15) is 0 Å². The maximum absolute atomic E-state index is 12.8. The van der Waals surface area contributed by atoms with E-state index in [0.717, 1.165) is 29.7 Å². The minimum absolute atomic E-state index is 0.254. The number of nitrogens with zero attached hydrogens (tertiary/aromatic N) is 1. The number of likely N-dealkylation sites (tertiary alicyclic amines) is 1. The van der Waals surface area contributed by atoms with Gasteiger partial charge in [-0.1, -0.05) is 18.2 Å². The number of rotatable bonds is 5. The SMILES string of the molecule is Cc1ccccc1NC(=O)COC(=O)[C@H](C)N1C(=O)[C@H]2[C@H]3CC[C@@H](C3)[C@@H]2C1=O. The van der Waals surface area contributed by atoms with Crippen molar-refractivity contribution in [3.63, 3.8) is 0 Å². The summed E-state index contributed by atoms with van der Waals surface area (Å²) in [5.74, 6) is -1.74. The second-order valence-electron chi connectivity index (χ2n) is 8.08. The second kappa shape index (κ2) is 7.04. The van der Waals surface area contributed by atoms with Gasteiger partial charge in [0.2, 0.25) is 11.8 Å². The van der Waals surface area contributed by atoms with E-state index in [4.69, 9.17) is 4.74 Å². The number of esters is 1. The van der Waals surface area contributed by atoms with Gasteiger partial charge in [0.25, 0.3) is 5.91 Å². The van der Waals surface area contributed by atoms with Crippen LogP contribution >= 0.6 is 0 Å². The van der Waals surface area contributed by atoms with E-state index in [9.17, 15) is 19.2 Å². The molecule has 5 atom stereocenters. The molecule has 3 aliphatic rings. The summed E-state index contributed by atoms with van der Waals surface area (Å²) in [6.07, 6.45) is 2.91. The molecule has 3 fully saturated rings. The smallest absolute Gasteiger partial charge is 0.329 e. The lowest BCUT2D eigenvalue weighted by Crippen LogP contribution is -2.45. The summed E-state index contributed by atoms with van der Waals surface area (Å²) < 4.78 is 5.08. The zero-order valence-corrected chi connectivity index (χ0v) is 16.0. The van der Waals surface area contributed by atoms with Crippen molar-refractivity contribution < 1.29 is 23.9 Å². The van der Waals surface area contributed by atoms with Crippen LogP contribution in [0.25, 0.3) is 0 Å². The highest BCUT2D eigenvalue weighted by molar-refractivity contribution is 6.08. The summed E-state index contributed by atoms with van der Waals surface area (Å²) in [7, 11) is 0. The highest BCUT2D eigenvalue weighted by Crippen LogP contribution is 2.56. The van der Waals surface area contributed by atoms with Crippen LogP contribution in [0.3, 0.4) is 0 Å². The Morgan fingerprint density at radius 1 is 1.14 bits per heavy atom. The molecule has 2 bridgehead atoms. The number of fused-ring (bicyclic) bond motifs is 5. The molecular formula is C21H24N2O5. The van der Waals surface area contributed by atoms with Gasteiger partial charge in [-0.05, 0) is 56.6 Å². The third-order valence-electron chi connectivity index (χ3n) is 6.45. The molecule has 1 heterocycles. The van der Waals surface area contributed by atoms with Crippen LogP contribution < -0.4 is 5.32 Å². The van der Waals surface area contributed by atoms with Gasteiger partial charge in [0.1, 0.15) is 6.04 Å². The Hall–Kier alpha value is -2.70. The summed E-state index contributed by atoms with van der Waals surface area (Å²) in [4.78, 5) is 51.1. The van der Waals surface area contributed by atoms with Gasteiger partial charge in [-0.15, -0.1) is 0 Å². The number of hydrogen-bond donors (Lipinski definition) is 1. The van der Waals surface area contributed by atoms with E-state index in [0.29, 0.717) is 5.69 Å². The van der Waals surface area contributed by atoms with Crippen LogP contribution in [0.4, 0.5) is 5.69 Å². The number of anilines is 1. The molecule has 1 N–H and O–H groups in total. The normalized spacial score (nSPS) is 29.0. The van der Waals surface area contributed by atoms with E-state index in [1.807, 2.05) is 19.1 Å². The van der Waals surface area contributed by atoms with Crippen molar-refractivity contribution in [1.29, 1.82) is 0 Å². The molecule has 4 rings (SSSR count). The van der Waals surface area contributed by atoms with Crippen LogP contribution in [0.2, 0.25) is 0 Å². The molecule has 1 aromatic rings. The molecular weight excluding hydrogens is 360 g/mol. The lowest BCUT2D eigenvalue weighted by Gasteiger charge is -2.23. The quantitative estimate of drug-likeness (QED) is 0.618. The number of hydrogen-bond acceptors (Lipinski definition) is 5. The maximum Gasteiger partial charge on any atom is 0.329 e. The van der Waals surface area contributed by atoms with Gasteiger partial charge in [0.05, 0.1) is 11.8 Å². The lowest BCUT2D eigenvalue weighted by atomic mass is 9.81. The fourth-order valence-electron chi connectivity index (χ4n) is 5.08. The minimum atomic E-state index is -1.02. The van der Waals surface area contributed by atoms with E-state index >= 15 is 0 Å². The van der Waals surface area contributed by atoms with Crippen LogP contribution in [0.1, 0.15) is 31.7 Å². The van der Waals surface area contributed by atoms with Crippen LogP contribution in [0, 0.1) is 30.6 Å². The molecule has 2 saturated carbocycles. The molecule has 0 unspecified atom stereocenters. The number of amides is 3. The molecule has 7 nitrogen and oxygen atoms in total. The third-order valence-corrected chi connectivity index (χ3v) is 6.45. The van der Waals surface area contributed by atoms with E-state index in [1.54, 1.807) is 12.1 Å². The lowest BCUT2D eigenvalue weighted by molar-refractivity contribution is -0.159. The van der Waals surface area contributed by atoms with Crippen LogP contribution in [0.15, 0.2) is 24.3 Å². The molecule has 2 aliphatic carbocycles. The monoisotopic (exact) mass is 384 g/mol. The van der Waals surface area contributed by atoms with Crippen molar-refractivity contribution in [3.8, 4) is 0 Å². The van der Waals surface area contributed by atoms with Crippen molar-refractivity contribution in [1.82, 2.24) is 4.90 Å². The number of imide groups is 1. The molecule has 1 aliphatic heterocycles. The number of ether oxygens (including phenoxy) is 1. The Morgan fingerprint density at radius 3 is 2.36 bits per heavy atom. The number of para-hydroxylation sites is 1. The summed E-state index contributed by atoms with van der Waals surface area (Å²) in [5, 5.41) is 2.68. The van der Waals surface area contributed by atoms with Crippen molar-refractivity contribution in [2.75, 3.05) is 11.9 Å². The first-order chi connectivity index (χ1) is 13.4. The van der Waals surface area contributed by atoms with E-state index in [2.05, 4.69) is 5.32 Å². The summed E-state index contributed by atoms with van der Waals surface area (Å²) in [6, 6.07) is 6.25. The first kappa shape index (κ1) is 18.7. The van der Waals surface area contributed by atoms with Gasteiger partial charge < -0.3 is 10.1 Å². The standard InChI is InChI=1S/C21H24N2O5/c1-11-5-3-4-6-15(11)22-16(24)10-28-21(27)12(2)23-19(25)17-13-7-8-14(9-13)18(17)20(23)26/h3-6,12-14,17-18H,7-10H2,1-2H3,(H,22,24)/t12-,13-,14-,17-,18-/m0/s1. The highest BCUT2D eigenvalue weighted by atomic mass is 16.5. The van der Waals surface area contributed by atoms with Gasteiger partial charge >= 0.3 is 5.97 Å². The van der Waals surface area contributed by atoms with Crippen LogP contribution in [-0.4, -0.2) is 41.2 Å². The number of benzene rings is 1. The second-order valence-corrected chi connectivity index (χ2v) is 8.08. The van der Waals surface area contributed by atoms with E-state index in [-0.39, 0.29) is 35.5 Å². The molecule has 3 amide bonds. The van der Waals surface area contributed by atoms with Gasteiger partial charge in [0.15, 0.2) is 6.61 Å². The fourth-order valence-corrected chi connectivity index (χ4v) is 5.08. The Morgan fingerprint density at radius 2 is 1.75 bits per heavy atom. The first-order valence-electron chi connectivity index (χ1n) is 9.77. The van der Waals surface area contributed by atoms with Crippen molar-refractivity contribution >= 4 is 29.4 Å². The Kier molecular flexibility index (Phi) is 4.69. The average Bonchev–Trinajstić information content (AvgIpc) is 3.35. The Labute approximate surface area is 163 Å². The molecule has 28 heavy (non-hydrogen) atoms. The van der Waals surface area contributed by atoms with Gasteiger partial charge in [-0.3, -0.25) is 19.3 Å². The van der Waals surface area contributed by atoms with Gasteiger partial charge in [0, 0.05) is 5.69 Å². The summed E-state index contributed by atoms with van der Waals surface area (Å²) in [5.41, 5.74) is 1.54. The molecule has 7 heteroatoms. The molecule has 1 aromatic carbocycles. The predicted octanol–water partition coefficient (Wildman–Crippen LogP) is 1.90. The molecule has 0 radical (unpaired) electrons. The number of nitrogens with one attached hydrogen (secondary N) is 1. The Balaban J connectivity index is 1.35. The zero-order chi connectivity index (χ0) is 20.0. The summed E-state index contributed by atoms with van der Waals surface area (Å²) in [6.45, 7) is 2.88. The van der Waals surface area contributed by atoms with Crippen molar-refractivity contribution in [3.05, 3.63) is 29.8 Å². The van der Waals surface area contributed by atoms with Crippen LogP contribution in [0.5, 0.6) is 0 Å². The molecule has 148 valence electrons. The zero-order valence-electron chi connectivity index (χ0n) is 16.0. The molecule has 1 saturated heterocycles. The topological polar surface area (TPSA) is 92.8 Å². The molecule has 0 spiro atoms. The average molecular weight is 384 g/mol. The third kappa shape index (κ3) is 2.99. The van der Waals surface area contributed by atoms with Crippen LogP contribution in [-0.2, 0) is 23.9 Å². The van der Waals surface area contributed by atoms with E-state index in [1.165, 1.54) is 6.92 Å². The minimum Gasteiger partial charge on any atom is -0.454 e. The fraction of sp³-hybridized carbons (Fsp3) is 0.524. The first-order valence-corrected chi connectivity index (χ1v) is 9.77. The number of carbonyl (C=O) groups is 4. The van der Waals surface area contributed by atoms with Gasteiger partial charge in [-0.25, -0.2) is 4.79 Å². The van der Waals surface area contributed by atoms with E-state index < -0.39 is 24.5 Å². The largest absolute Gasteiger partial charge is 0.454 e. The predicted molar refractivity (Wildman–Crippen MR) is 99.9 cm³/mol. The van der Waals surface area contributed by atoms with Crippen molar-refractivity contribution in [2.24, 2.45) is 23.7 Å². The molecule has 0 aromatic heterocycles.